The zero-order chi connectivity index (χ0) is 13.9. The molecule has 0 spiro atoms. The van der Waals surface area contributed by atoms with E-state index in [0.29, 0.717) is 0 Å². The summed E-state index contributed by atoms with van der Waals surface area (Å²) in [6, 6.07) is 18.3. The first-order valence-corrected chi connectivity index (χ1v) is 7.85. The van der Waals surface area contributed by atoms with Crippen molar-refractivity contribution in [1.82, 2.24) is 0 Å². The average molecular weight is 264 g/mol. The molecule has 1 saturated carbocycles. The normalized spacial score (nSPS) is 22.7. The summed E-state index contributed by atoms with van der Waals surface area (Å²) in [5, 5.41) is 0. The summed E-state index contributed by atoms with van der Waals surface area (Å²) < 4.78 is 0. The van der Waals surface area contributed by atoms with Crippen LogP contribution < -0.4 is 0 Å². The lowest BCUT2D eigenvalue weighted by Gasteiger charge is -2.30. The molecule has 20 heavy (non-hydrogen) atoms. The molecular formula is C20H24. The molecule has 2 aromatic rings. The molecule has 0 unspecified atom stereocenters. The second kappa shape index (κ2) is 5.83. The lowest BCUT2D eigenvalue weighted by molar-refractivity contribution is 0.394. The third kappa shape index (κ3) is 2.95. The molecule has 0 aromatic heterocycles. The number of aryl methyl sites for hydroxylation is 2. The molecule has 0 aliphatic heterocycles. The van der Waals surface area contributed by atoms with Crippen molar-refractivity contribution < 1.29 is 0 Å². The van der Waals surface area contributed by atoms with Gasteiger partial charge in [0, 0.05) is 0 Å². The highest BCUT2D eigenvalue weighted by atomic mass is 14.3. The highest BCUT2D eigenvalue weighted by Crippen LogP contribution is 2.41. The predicted molar refractivity (Wildman–Crippen MR) is 86.3 cm³/mol. The van der Waals surface area contributed by atoms with E-state index in [1.54, 1.807) is 0 Å². The van der Waals surface area contributed by atoms with Crippen LogP contribution in [0.4, 0.5) is 0 Å². The van der Waals surface area contributed by atoms with Crippen LogP contribution in [0.2, 0.25) is 0 Å². The largest absolute Gasteiger partial charge is 0.0590 e. The maximum Gasteiger partial charge on any atom is -0.0156 e. The standard InChI is InChI=1S/C20H24/c1-15-6-10-17(11-7-15)19-4-3-5-20(14-19)18-12-8-16(2)9-13-18/h6-13,19-20H,3-5,14H2,1-2H3/t19-,20+. The van der Waals surface area contributed by atoms with Gasteiger partial charge < -0.3 is 0 Å². The second-order valence-corrected chi connectivity index (χ2v) is 6.38. The van der Waals surface area contributed by atoms with Crippen molar-refractivity contribution in [2.75, 3.05) is 0 Å². The fourth-order valence-electron chi connectivity index (χ4n) is 3.47. The molecule has 1 fully saturated rings. The minimum Gasteiger partial charge on any atom is -0.0590 e. The Hall–Kier alpha value is -1.56. The van der Waals surface area contributed by atoms with E-state index in [9.17, 15) is 0 Å². The number of rotatable bonds is 2. The van der Waals surface area contributed by atoms with Crippen molar-refractivity contribution in [2.45, 2.75) is 51.4 Å². The van der Waals surface area contributed by atoms with E-state index in [1.165, 1.54) is 47.9 Å². The van der Waals surface area contributed by atoms with Gasteiger partial charge in [0.05, 0.1) is 0 Å². The highest BCUT2D eigenvalue weighted by Gasteiger charge is 2.24. The van der Waals surface area contributed by atoms with Gasteiger partial charge >= 0.3 is 0 Å². The van der Waals surface area contributed by atoms with Crippen LogP contribution in [0.5, 0.6) is 0 Å². The lowest BCUT2D eigenvalue weighted by atomic mass is 9.75. The van der Waals surface area contributed by atoms with Gasteiger partial charge in [-0.1, -0.05) is 66.1 Å². The Kier molecular flexibility index (Phi) is 3.91. The van der Waals surface area contributed by atoms with Gasteiger partial charge in [-0.25, -0.2) is 0 Å². The molecule has 0 amide bonds. The summed E-state index contributed by atoms with van der Waals surface area (Å²) in [7, 11) is 0. The number of hydrogen-bond acceptors (Lipinski definition) is 0. The van der Waals surface area contributed by atoms with E-state index in [2.05, 4.69) is 62.4 Å². The van der Waals surface area contributed by atoms with Gasteiger partial charge in [0.1, 0.15) is 0 Å². The molecule has 1 aliphatic rings. The van der Waals surface area contributed by atoms with Crippen LogP contribution in [0.25, 0.3) is 0 Å². The predicted octanol–water partition coefficient (Wildman–Crippen LogP) is 5.74. The fraction of sp³-hybridized carbons (Fsp3) is 0.400. The molecule has 0 bridgehead atoms. The quantitative estimate of drug-likeness (QED) is 0.648. The Morgan fingerprint density at radius 1 is 0.650 bits per heavy atom. The molecule has 0 heterocycles. The number of benzene rings is 2. The van der Waals surface area contributed by atoms with Crippen LogP contribution in [0.3, 0.4) is 0 Å². The maximum absolute atomic E-state index is 2.33. The monoisotopic (exact) mass is 264 g/mol. The zero-order valence-corrected chi connectivity index (χ0v) is 12.6. The molecule has 0 heteroatoms. The van der Waals surface area contributed by atoms with Crippen LogP contribution in [-0.4, -0.2) is 0 Å². The molecule has 0 radical (unpaired) electrons. The molecule has 2 aromatic carbocycles. The van der Waals surface area contributed by atoms with Crippen molar-refractivity contribution in [3.63, 3.8) is 0 Å². The van der Waals surface area contributed by atoms with E-state index in [4.69, 9.17) is 0 Å². The maximum atomic E-state index is 2.33. The summed E-state index contributed by atoms with van der Waals surface area (Å²) >= 11 is 0. The summed E-state index contributed by atoms with van der Waals surface area (Å²) in [5.41, 5.74) is 5.79. The van der Waals surface area contributed by atoms with Crippen molar-refractivity contribution in [3.05, 3.63) is 70.8 Å². The minimum absolute atomic E-state index is 0.746. The molecule has 0 saturated heterocycles. The second-order valence-electron chi connectivity index (χ2n) is 6.38. The molecule has 1 aliphatic carbocycles. The van der Waals surface area contributed by atoms with Crippen molar-refractivity contribution >= 4 is 0 Å². The Morgan fingerprint density at radius 2 is 1.05 bits per heavy atom. The van der Waals surface area contributed by atoms with Gasteiger partial charge in [-0.3, -0.25) is 0 Å². The smallest absolute Gasteiger partial charge is 0.0156 e. The Labute approximate surface area is 122 Å². The van der Waals surface area contributed by atoms with E-state index in [0.717, 1.165) is 11.8 Å². The Balaban J connectivity index is 1.76. The first kappa shape index (κ1) is 13.4. The SMILES string of the molecule is Cc1ccc([C@@H]2CCC[C@H](c3ccc(C)cc3)C2)cc1. The molecule has 104 valence electrons. The Bertz CT molecular complexity index is 496. The third-order valence-corrected chi connectivity index (χ3v) is 4.77. The van der Waals surface area contributed by atoms with E-state index in [1.807, 2.05) is 0 Å². The van der Waals surface area contributed by atoms with Crippen molar-refractivity contribution in [1.29, 1.82) is 0 Å². The summed E-state index contributed by atoms with van der Waals surface area (Å²) in [6.07, 6.45) is 5.38. The molecule has 2 atom stereocenters. The summed E-state index contributed by atoms with van der Waals surface area (Å²) in [6.45, 7) is 4.33. The van der Waals surface area contributed by atoms with Gasteiger partial charge in [0.15, 0.2) is 0 Å². The average Bonchev–Trinajstić information content (AvgIpc) is 2.49. The fourth-order valence-corrected chi connectivity index (χ4v) is 3.47. The van der Waals surface area contributed by atoms with E-state index in [-0.39, 0.29) is 0 Å². The van der Waals surface area contributed by atoms with Crippen LogP contribution in [0, 0.1) is 13.8 Å². The first-order valence-electron chi connectivity index (χ1n) is 7.85. The van der Waals surface area contributed by atoms with Crippen molar-refractivity contribution in [2.24, 2.45) is 0 Å². The van der Waals surface area contributed by atoms with Gasteiger partial charge in [0.25, 0.3) is 0 Å². The summed E-state index contributed by atoms with van der Waals surface area (Å²) in [4.78, 5) is 0. The van der Waals surface area contributed by atoms with Gasteiger partial charge in [-0.15, -0.1) is 0 Å². The topological polar surface area (TPSA) is 0 Å². The first-order chi connectivity index (χ1) is 9.72. The number of hydrogen-bond donors (Lipinski definition) is 0. The molecular weight excluding hydrogens is 240 g/mol. The minimum atomic E-state index is 0.746. The van der Waals surface area contributed by atoms with E-state index < -0.39 is 0 Å². The third-order valence-electron chi connectivity index (χ3n) is 4.77. The Morgan fingerprint density at radius 3 is 1.45 bits per heavy atom. The van der Waals surface area contributed by atoms with E-state index >= 15 is 0 Å². The highest BCUT2D eigenvalue weighted by molar-refractivity contribution is 5.28. The van der Waals surface area contributed by atoms with Crippen LogP contribution in [-0.2, 0) is 0 Å². The lowest BCUT2D eigenvalue weighted by Crippen LogP contribution is -2.13. The molecule has 3 rings (SSSR count). The zero-order valence-electron chi connectivity index (χ0n) is 12.6. The van der Waals surface area contributed by atoms with Gasteiger partial charge in [-0.2, -0.15) is 0 Å². The van der Waals surface area contributed by atoms with Gasteiger partial charge in [0.2, 0.25) is 0 Å². The van der Waals surface area contributed by atoms with Crippen LogP contribution in [0.15, 0.2) is 48.5 Å². The van der Waals surface area contributed by atoms with Crippen LogP contribution >= 0.6 is 0 Å². The molecule has 0 N–H and O–H groups in total. The van der Waals surface area contributed by atoms with Gasteiger partial charge in [-0.05, 0) is 56.1 Å². The molecule has 0 nitrogen and oxygen atoms in total. The summed E-state index contributed by atoms with van der Waals surface area (Å²) in [5.74, 6) is 1.49. The van der Waals surface area contributed by atoms with Crippen LogP contribution in [0.1, 0.15) is 59.8 Å². The van der Waals surface area contributed by atoms with Crippen molar-refractivity contribution in [3.8, 4) is 0 Å².